The standard InChI is InChI=1S/C47H60N4O10/c1-9-21-51(27-33-15-19-35(58-6)20-16-33)26-32-13-17-34(18-14-32)46(56)50-41-36-22-28(2)23-40(60-8)42(53)30(4)24-31(5)44(61-47(48)57)39(59-7)12-10-11-29(3)45(55)49-37(43(36)54)25-38(41)52/h10-20,24-25,28,30,39-40,42,44,53H,9,21-23,26-27H2,1-8H3,(H2,48,57)(H,49,55)(H,50,56)/b12-10-,29-11+,31-24+/t28-,30+,39+,40+,42-,44-/m1/s1. The van der Waals surface area contributed by atoms with Crippen molar-refractivity contribution in [3.05, 3.63) is 124 Å². The molecule has 1 heterocycles. The van der Waals surface area contributed by atoms with Gasteiger partial charge >= 0.3 is 6.09 Å². The zero-order chi connectivity index (χ0) is 44.8. The van der Waals surface area contributed by atoms with Crippen LogP contribution in [-0.4, -0.2) is 91.8 Å². The maximum atomic E-state index is 14.2. The second-order valence-corrected chi connectivity index (χ2v) is 15.6. The number of fused-ring (bicyclic) bond motifs is 2. The molecule has 0 spiro atoms. The number of benzene rings is 2. The molecule has 0 radical (unpaired) electrons. The quantitative estimate of drug-likeness (QED) is 0.153. The molecule has 0 fully saturated rings. The van der Waals surface area contributed by atoms with Gasteiger partial charge in [-0.1, -0.05) is 69.3 Å². The van der Waals surface area contributed by atoms with Crippen molar-refractivity contribution >= 4 is 29.5 Å². The number of nitrogens with two attached hydrogens (primary N) is 1. The minimum absolute atomic E-state index is 0.00518. The lowest BCUT2D eigenvalue weighted by Gasteiger charge is -2.30. The molecule has 0 aromatic heterocycles. The van der Waals surface area contributed by atoms with E-state index >= 15 is 0 Å². The van der Waals surface area contributed by atoms with Gasteiger partial charge in [-0.15, -0.1) is 0 Å². The van der Waals surface area contributed by atoms with Crippen molar-refractivity contribution in [2.24, 2.45) is 17.6 Å². The SMILES string of the molecule is CCCN(Cc1ccc(OC)cc1)Cc1ccc(C(=O)NC2=C3C[C@@H](C)C[C@H](OC)[C@H](O)[C@@H](C)/C=C(\C)[C@@H](OC(N)=O)[C@@H](OC)/C=C\C=C(/C)C(=O)NC(=CC2=O)C3=O)cc1. The second-order valence-electron chi connectivity index (χ2n) is 15.6. The van der Waals surface area contributed by atoms with Gasteiger partial charge in [-0.3, -0.25) is 24.1 Å². The van der Waals surface area contributed by atoms with Crippen LogP contribution in [0.25, 0.3) is 0 Å². The van der Waals surface area contributed by atoms with Gasteiger partial charge in [-0.2, -0.15) is 0 Å². The molecule has 4 rings (SSSR count). The summed E-state index contributed by atoms with van der Waals surface area (Å²) in [4.78, 5) is 69.3. The van der Waals surface area contributed by atoms with Crippen LogP contribution in [0.4, 0.5) is 4.79 Å². The van der Waals surface area contributed by atoms with Crippen LogP contribution in [-0.2, 0) is 41.7 Å². The van der Waals surface area contributed by atoms with Crippen molar-refractivity contribution < 1.29 is 48.0 Å². The highest BCUT2D eigenvalue weighted by atomic mass is 16.6. The molecule has 2 aliphatic rings. The maximum Gasteiger partial charge on any atom is 0.405 e. The van der Waals surface area contributed by atoms with Crippen molar-refractivity contribution in [2.45, 2.75) is 91.4 Å². The largest absolute Gasteiger partial charge is 0.497 e. The summed E-state index contributed by atoms with van der Waals surface area (Å²) in [5.41, 5.74) is 8.14. The van der Waals surface area contributed by atoms with E-state index in [0.717, 1.165) is 42.5 Å². The summed E-state index contributed by atoms with van der Waals surface area (Å²) < 4.78 is 22.0. The first-order valence-electron chi connectivity index (χ1n) is 20.4. The number of amides is 3. The number of hydrogen-bond acceptors (Lipinski definition) is 11. The molecule has 2 bridgehead atoms. The summed E-state index contributed by atoms with van der Waals surface area (Å²) in [6, 6.07) is 15.0. The number of rotatable bonds is 12. The van der Waals surface area contributed by atoms with Gasteiger partial charge in [-0.05, 0) is 86.5 Å². The third kappa shape index (κ3) is 13.4. The molecule has 0 saturated heterocycles. The number of nitrogens with one attached hydrogen (secondary N) is 2. The van der Waals surface area contributed by atoms with Gasteiger partial charge in [0, 0.05) is 56.0 Å². The van der Waals surface area contributed by atoms with Gasteiger partial charge in [0.2, 0.25) is 11.6 Å². The van der Waals surface area contributed by atoms with Crippen LogP contribution < -0.4 is 21.1 Å². The molecule has 328 valence electrons. The number of aliphatic hydroxyl groups is 1. The Morgan fingerprint density at radius 1 is 0.951 bits per heavy atom. The first-order valence-corrected chi connectivity index (χ1v) is 20.4. The van der Waals surface area contributed by atoms with Crippen molar-refractivity contribution in [1.82, 2.24) is 15.5 Å². The second kappa shape index (κ2) is 22.8. The highest BCUT2D eigenvalue weighted by Crippen LogP contribution is 2.29. The molecule has 1 aliphatic carbocycles. The van der Waals surface area contributed by atoms with E-state index in [2.05, 4.69) is 22.5 Å². The Morgan fingerprint density at radius 3 is 2.16 bits per heavy atom. The minimum Gasteiger partial charge on any atom is -0.497 e. The summed E-state index contributed by atoms with van der Waals surface area (Å²) >= 11 is 0. The van der Waals surface area contributed by atoms with E-state index in [9.17, 15) is 29.1 Å². The van der Waals surface area contributed by atoms with Crippen LogP contribution in [0.5, 0.6) is 5.75 Å². The Hall–Kier alpha value is -5.67. The smallest absolute Gasteiger partial charge is 0.405 e. The Labute approximate surface area is 358 Å². The van der Waals surface area contributed by atoms with Gasteiger partial charge in [0.05, 0.1) is 30.7 Å². The van der Waals surface area contributed by atoms with E-state index in [1.807, 2.05) is 43.3 Å². The van der Waals surface area contributed by atoms with Crippen LogP contribution in [0, 0.1) is 11.8 Å². The average molecular weight is 841 g/mol. The number of nitrogens with zero attached hydrogens (tertiary/aromatic N) is 1. The predicted molar refractivity (Wildman–Crippen MR) is 231 cm³/mol. The average Bonchev–Trinajstić information content (AvgIpc) is 3.23. The molecule has 5 N–H and O–H groups in total. The number of allylic oxidation sites excluding steroid dienone is 4. The monoisotopic (exact) mass is 840 g/mol. The molecule has 61 heavy (non-hydrogen) atoms. The van der Waals surface area contributed by atoms with Crippen molar-refractivity contribution in [1.29, 1.82) is 0 Å². The topological polar surface area (TPSA) is 196 Å². The van der Waals surface area contributed by atoms with Crippen molar-refractivity contribution in [3.63, 3.8) is 0 Å². The summed E-state index contributed by atoms with van der Waals surface area (Å²) in [6.45, 7) is 11.2. The summed E-state index contributed by atoms with van der Waals surface area (Å²) in [5.74, 6) is -2.62. The number of aliphatic hydroxyl groups excluding tert-OH is 1. The Kier molecular flexibility index (Phi) is 17.9. The van der Waals surface area contributed by atoms with Crippen LogP contribution in [0.1, 0.15) is 75.4 Å². The molecule has 3 amide bonds. The summed E-state index contributed by atoms with van der Waals surface area (Å²) in [6.07, 6.45) is 3.93. The number of methoxy groups -OCH3 is 3. The molecule has 14 nitrogen and oxygen atoms in total. The summed E-state index contributed by atoms with van der Waals surface area (Å²) in [7, 11) is 4.52. The lowest BCUT2D eigenvalue weighted by molar-refractivity contribution is -0.120. The van der Waals surface area contributed by atoms with E-state index < -0.39 is 59.8 Å². The van der Waals surface area contributed by atoms with Crippen LogP contribution in [0.3, 0.4) is 0 Å². The number of ketones is 2. The van der Waals surface area contributed by atoms with Gasteiger partial charge in [0.1, 0.15) is 11.9 Å². The van der Waals surface area contributed by atoms with E-state index in [0.29, 0.717) is 12.1 Å². The molecule has 6 atom stereocenters. The molecule has 0 unspecified atom stereocenters. The Morgan fingerprint density at radius 2 is 1.59 bits per heavy atom. The first kappa shape index (κ1) is 48.0. The fourth-order valence-corrected chi connectivity index (χ4v) is 7.45. The lowest BCUT2D eigenvalue weighted by atomic mass is 9.85. The lowest BCUT2D eigenvalue weighted by Crippen LogP contribution is -2.38. The van der Waals surface area contributed by atoms with E-state index in [4.69, 9.17) is 24.7 Å². The van der Waals surface area contributed by atoms with Crippen molar-refractivity contribution in [2.75, 3.05) is 27.9 Å². The molecule has 2 aromatic rings. The fraction of sp³-hybridized carbons (Fsp3) is 0.426. The summed E-state index contributed by atoms with van der Waals surface area (Å²) in [5, 5.41) is 16.8. The Balaban J connectivity index is 1.63. The Bertz CT molecular complexity index is 2050. The van der Waals surface area contributed by atoms with Crippen LogP contribution in [0.15, 0.2) is 107 Å². The minimum atomic E-state index is -1.05. The first-order chi connectivity index (χ1) is 29.1. The number of primary amides is 1. The van der Waals surface area contributed by atoms with Gasteiger partial charge in [0.15, 0.2) is 6.10 Å². The molecular weight excluding hydrogens is 781 g/mol. The number of ether oxygens (including phenoxy) is 4. The van der Waals surface area contributed by atoms with Crippen molar-refractivity contribution in [3.8, 4) is 5.75 Å². The maximum absolute atomic E-state index is 14.2. The number of carbonyl (C=O) groups excluding carboxylic acids is 5. The number of hydrogen-bond donors (Lipinski definition) is 4. The molecule has 14 heteroatoms. The zero-order valence-corrected chi connectivity index (χ0v) is 36.4. The fourth-order valence-electron chi connectivity index (χ4n) is 7.45. The van der Waals surface area contributed by atoms with Gasteiger partial charge in [0.25, 0.3) is 11.8 Å². The van der Waals surface area contributed by atoms with Gasteiger partial charge < -0.3 is 40.4 Å². The van der Waals surface area contributed by atoms with E-state index in [1.54, 1.807) is 45.2 Å². The highest BCUT2D eigenvalue weighted by Gasteiger charge is 2.34. The zero-order valence-electron chi connectivity index (χ0n) is 36.4. The van der Waals surface area contributed by atoms with E-state index in [1.165, 1.54) is 33.3 Å². The predicted octanol–water partition coefficient (Wildman–Crippen LogP) is 5.61. The molecule has 2 aromatic carbocycles. The van der Waals surface area contributed by atoms with Crippen LogP contribution >= 0.6 is 0 Å². The molecule has 1 aliphatic heterocycles. The van der Waals surface area contributed by atoms with Gasteiger partial charge in [-0.25, -0.2) is 4.79 Å². The third-order valence-corrected chi connectivity index (χ3v) is 10.8. The van der Waals surface area contributed by atoms with Crippen LogP contribution in [0.2, 0.25) is 0 Å². The molecular formula is C47H60N4O10. The third-order valence-electron chi connectivity index (χ3n) is 10.8. The normalized spacial score (nSPS) is 25.4. The van der Waals surface area contributed by atoms with E-state index in [-0.39, 0.29) is 46.9 Å². The molecule has 0 saturated carbocycles. The highest BCUT2D eigenvalue weighted by molar-refractivity contribution is 6.24. The number of Topliss-reactive ketones (excluding diaryl/α,β-unsaturated/α-hetero) is 1. The number of carbonyl (C=O) groups is 5.